The predicted molar refractivity (Wildman–Crippen MR) is 62.2 cm³/mol. The summed E-state index contributed by atoms with van der Waals surface area (Å²) in [6.45, 7) is 1.03. The van der Waals surface area contributed by atoms with Crippen molar-refractivity contribution in [2.45, 2.75) is 19.0 Å². The largest absolute Gasteiger partial charge is 0.366 e. The summed E-state index contributed by atoms with van der Waals surface area (Å²) in [5, 5.41) is 0. The van der Waals surface area contributed by atoms with Crippen LogP contribution < -0.4 is 0 Å². The highest BCUT2D eigenvalue weighted by Crippen LogP contribution is 2.31. The number of rotatable bonds is 2. The molecule has 0 amide bonds. The molecule has 15 heavy (non-hydrogen) atoms. The highest BCUT2D eigenvalue weighted by atomic mass is 15.2. The fourth-order valence-electron chi connectivity index (χ4n) is 2.48. The van der Waals surface area contributed by atoms with Crippen LogP contribution in [-0.2, 0) is 6.54 Å². The number of fused-ring (bicyclic) bond motifs is 1. The lowest BCUT2D eigenvalue weighted by Crippen LogP contribution is -2.27. The Morgan fingerprint density at radius 2 is 2.00 bits per heavy atom. The van der Waals surface area contributed by atoms with Gasteiger partial charge in [-0.25, -0.2) is 0 Å². The zero-order valence-corrected chi connectivity index (χ0v) is 8.71. The molecule has 1 heterocycles. The van der Waals surface area contributed by atoms with Crippen LogP contribution in [0.15, 0.2) is 54.8 Å². The molecular weight excluding hydrogens is 182 g/mol. The lowest BCUT2D eigenvalue weighted by atomic mass is 10.1. The standard InChI is InChI=1S/C14H15N/c1-2-5-12(6-3-1)11-15-10-9-13-7-4-8-14(13)15/h1-6,8-10,13-14H,7,11H2. The average molecular weight is 197 g/mol. The molecule has 0 saturated heterocycles. The maximum atomic E-state index is 2.43. The maximum Gasteiger partial charge on any atom is 0.0537 e. The molecule has 0 fully saturated rings. The van der Waals surface area contributed by atoms with E-state index in [-0.39, 0.29) is 0 Å². The Morgan fingerprint density at radius 3 is 2.87 bits per heavy atom. The van der Waals surface area contributed by atoms with E-state index in [4.69, 9.17) is 0 Å². The van der Waals surface area contributed by atoms with Gasteiger partial charge < -0.3 is 4.90 Å². The van der Waals surface area contributed by atoms with Crippen molar-refractivity contribution in [1.82, 2.24) is 4.90 Å². The smallest absolute Gasteiger partial charge is 0.0537 e. The van der Waals surface area contributed by atoms with Crippen LogP contribution in [0.5, 0.6) is 0 Å². The van der Waals surface area contributed by atoms with Crippen LogP contribution in [0, 0.1) is 5.92 Å². The molecule has 76 valence electrons. The Labute approximate surface area is 90.7 Å². The van der Waals surface area contributed by atoms with Gasteiger partial charge in [0.05, 0.1) is 6.04 Å². The molecule has 2 unspecified atom stereocenters. The summed E-state index contributed by atoms with van der Waals surface area (Å²) in [5.41, 5.74) is 1.39. The molecule has 0 bridgehead atoms. The van der Waals surface area contributed by atoms with Gasteiger partial charge in [0.15, 0.2) is 0 Å². The molecule has 2 aliphatic rings. The van der Waals surface area contributed by atoms with Crippen molar-refractivity contribution in [3.63, 3.8) is 0 Å². The molecule has 0 N–H and O–H groups in total. The van der Waals surface area contributed by atoms with E-state index < -0.39 is 0 Å². The van der Waals surface area contributed by atoms with Gasteiger partial charge in [-0.3, -0.25) is 0 Å². The number of hydrogen-bond donors (Lipinski definition) is 0. The minimum atomic E-state index is 0.616. The van der Waals surface area contributed by atoms with Crippen molar-refractivity contribution in [3.05, 3.63) is 60.3 Å². The Bertz CT molecular complexity index is 391. The van der Waals surface area contributed by atoms with Crippen molar-refractivity contribution in [2.24, 2.45) is 5.92 Å². The maximum absolute atomic E-state index is 2.43. The van der Waals surface area contributed by atoms with Crippen molar-refractivity contribution in [2.75, 3.05) is 0 Å². The van der Waals surface area contributed by atoms with E-state index in [0.29, 0.717) is 6.04 Å². The fourth-order valence-corrected chi connectivity index (χ4v) is 2.48. The molecule has 1 heteroatoms. The third-order valence-corrected chi connectivity index (χ3v) is 3.30. The average Bonchev–Trinajstić information content (AvgIpc) is 2.85. The molecule has 0 spiro atoms. The monoisotopic (exact) mass is 197 g/mol. The van der Waals surface area contributed by atoms with Crippen LogP contribution >= 0.6 is 0 Å². The summed E-state index contributed by atoms with van der Waals surface area (Å²) in [6, 6.07) is 11.3. The van der Waals surface area contributed by atoms with Crippen molar-refractivity contribution in [3.8, 4) is 0 Å². The number of hydrogen-bond acceptors (Lipinski definition) is 1. The quantitative estimate of drug-likeness (QED) is 0.659. The van der Waals surface area contributed by atoms with Crippen molar-refractivity contribution in [1.29, 1.82) is 0 Å². The minimum Gasteiger partial charge on any atom is -0.366 e. The summed E-state index contributed by atoms with van der Waals surface area (Å²) in [7, 11) is 0. The first-order valence-electron chi connectivity index (χ1n) is 5.58. The Hall–Kier alpha value is -1.50. The second-order valence-electron chi connectivity index (χ2n) is 4.32. The number of benzene rings is 1. The minimum absolute atomic E-state index is 0.616. The van der Waals surface area contributed by atoms with Gasteiger partial charge in [0.1, 0.15) is 0 Å². The summed E-state index contributed by atoms with van der Waals surface area (Å²) in [5.74, 6) is 0.730. The van der Waals surface area contributed by atoms with Gasteiger partial charge in [0.2, 0.25) is 0 Å². The Balaban J connectivity index is 1.74. The van der Waals surface area contributed by atoms with Crippen molar-refractivity contribution >= 4 is 0 Å². The van der Waals surface area contributed by atoms with Gasteiger partial charge in [-0.05, 0) is 18.2 Å². The molecule has 0 radical (unpaired) electrons. The summed E-state index contributed by atoms with van der Waals surface area (Å²) in [4.78, 5) is 2.43. The number of allylic oxidation sites excluding steroid dienone is 1. The highest BCUT2D eigenvalue weighted by Gasteiger charge is 2.29. The van der Waals surface area contributed by atoms with E-state index in [1.807, 2.05) is 0 Å². The summed E-state index contributed by atoms with van der Waals surface area (Å²) < 4.78 is 0. The van der Waals surface area contributed by atoms with E-state index in [1.54, 1.807) is 0 Å². The highest BCUT2D eigenvalue weighted by molar-refractivity contribution is 5.22. The predicted octanol–water partition coefficient (Wildman–Crippen LogP) is 2.96. The zero-order chi connectivity index (χ0) is 10.1. The molecule has 1 aromatic carbocycles. The van der Waals surface area contributed by atoms with Crippen LogP contribution in [0.4, 0.5) is 0 Å². The lowest BCUT2D eigenvalue weighted by molar-refractivity contribution is 0.305. The van der Waals surface area contributed by atoms with Gasteiger partial charge in [0.25, 0.3) is 0 Å². The third kappa shape index (κ3) is 1.58. The van der Waals surface area contributed by atoms with Crippen LogP contribution in [-0.4, -0.2) is 10.9 Å². The molecule has 1 aliphatic heterocycles. The topological polar surface area (TPSA) is 3.24 Å². The first kappa shape index (κ1) is 8.78. The zero-order valence-electron chi connectivity index (χ0n) is 8.71. The van der Waals surface area contributed by atoms with Crippen LogP contribution in [0.2, 0.25) is 0 Å². The van der Waals surface area contributed by atoms with Crippen LogP contribution in [0.3, 0.4) is 0 Å². The normalized spacial score (nSPS) is 27.3. The molecule has 1 aliphatic carbocycles. The molecule has 1 aromatic rings. The summed E-state index contributed by atoms with van der Waals surface area (Å²) in [6.07, 6.45) is 10.5. The molecule has 0 saturated carbocycles. The first-order valence-corrected chi connectivity index (χ1v) is 5.58. The fraction of sp³-hybridized carbons (Fsp3) is 0.286. The van der Waals surface area contributed by atoms with Gasteiger partial charge >= 0.3 is 0 Å². The summed E-state index contributed by atoms with van der Waals surface area (Å²) >= 11 is 0. The molecule has 1 nitrogen and oxygen atoms in total. The molecular formula is C14H15N. The van der Waals surface area contributed by atoms with E-state index >= 15 is 0 Å². The van der Waals surface area contributed by atoms with Gasteiger partial charge in [-0.2, -0.15) is 0 Å². The van der Waals surface area contributed by atoms with E-state index in [0.717, 1.165) is 12.5 Å². The van der Waals surface area contributed by atoms with Gasteiger partial charge in [0, 0.05) is 12.5 Å². The third-order valence-electron chi connectivity index (χ3n) is 3.30. The van der Waals surface area contributed by atoms with E-state index in [2.05, 4.69) is 59.7 Å². The Morgan fingerprint density at radius 1 is 1.13 bits per heavy atom. The lowest BCUT2D eigenvalue weighted by Gasteiger charge is -2.24. The van der Waals surface area contributed by atoms with Gasteiger partial charge in [-0.1, -0.05) is 48.6 Å². The number of nitrogens with zero attached hydrogens (tertiary/aromatic N) is 1. The van der Waals surface area contributed by atoms with Crippen LogP contribution in [0.1, 0.15) is 12.0 Å². The molecule has 2 atom stereocenters. The Kier molecular flexibility index (Phi) is 2.09. The molecule has 0 aromatic heterocycles. The SMILES string of the molecule is C1=CC2C(C=CN2Cc2ccccc2)C1. The first-order chi connectivity index (χ1) is 7.43. The van der Waals surface area contributed by atoms with E-state index in [9.17, 15) is 0 Å². The van der Waals surface area contributed by atoms with Crippen LogP contribution in [0.25, 0.3) is 0 Å². The second kappa shape index (κ2) is 3.58. The second-order valence-corrected chi connectivity index (χ2v) is 4.32. The van der Waals surface area contributed by atoms with Crippen molar-refractivity contribution < 1.29 is 0 Å². The van der Waals surface area contributed by atoms with Gasteiger partial charge in [-0.15, -0.1) is 0 Å². The van der Waals surface area contributed by atoms with E-state index in [1.165, 1.54) is 12.0 Å². The molecule has 3 rings (SSSR count).